The van der Waals surface area contributed by atoms with Gasteiger partial charge in [-0.15, -0.1) is 11.3 Å². The minimum Gasteiger partial charge on any atom is -0.469 e. The Labute approximate surface area is 156 Å². The zero-order valence-electron chi connectivity index (χ0n) is 13.8. The van der Waals surface area contributed by atoms with Crippen molar-refractivity contribution in [3.05, 3.63) is 61.1 Å². The van der Waals surface area contributed by atoms with Crippen LogP contribution in [0, 0.1) is 6.92 Å². The van der Waals surface area contributed by atoms with Gasteiger partial charge in [0.05, 0.1) is 24.1 Å². The van der Waals surface area contributed by atoms with E-state index in [4.69, 9.17) is 20.8 Å². The summed E-state index contributed by atoms with van der Waals surface area (Å²) in [4.78, 5) is 36.2. The average Bonchev–Trinajstić information content (AvgIpc) is 3.15. The van der Waals surface area contributed by atoms with Crippen LogP contribution < -0.4 is 10.4 Å². The molecule has 0 amide bonds. The number of halogens is 1. The molecule has 1 aromatic carbocycles. The van der Waals surface area contributed by atoms with Crippen molar-refractivity contribution in [3.63, 3.8) is 0 Å². The fourth-order valence-electron chi connectivity index (χ4n) is 2.43. The third kappa shape index (κ3) is 3.49. The van der Waals surface area contributed by atoms with Gasteiger partial charge in [0.15, 0.2) is 5.75 Å². The molecule has 0 atom stereocenters. The molecule has 3 rings (SSSR count). The summed E-state index contributed by atoms with van der Waals surface area (Å²) in [5.41, 5.74) is 0.307. The topological polar surface area (TPSA) is 82.8 Å². The molecule has 0 saturated heterocycles. The second kappa shape index (κ2) is 7.31. The van der Waals surface area contributed by atoms with Crippen molar-refractivity contribution in [3.8, 4) is 5.75 Å². The molecule has 26 heavy (non-hydrogen) atoms. The predicted octanol–water partition coefficient (Wildman–Crippen LogP) is 3.75. The molecule has 0 spiro atoms. The maximum atomic E-state index is 12.2. The quantitative estimate of drug-likeness (QED) is 0.382. The van der Waals surface area contributed by atoms with E-state index in [2.05, 4.69) is 4.74 Å². The molecule has 0 unspecified atom stereocenters. The molecule has 0 bridgehead atoms. The molecule has 6 nitrogen and oxygen atoms in total. The van der Waals surface area contributed by atoms with Crippen LogP contribution in [0.5, 0.6) is 5.75 Å². The number of hydrogen-bond acceptors (Lipinski definition) is 7. The van der Waals surface area contributed by atoms with Crippen LogP contribution in [-0.2, 0) is 16.0 Å². The fraction of sp³-hybridized carbons (Fsp3) is 0.167. The first-order valence-electron chi connectivity index (χ1n) is 7.49. The van der Waals surface area contributed by atoms with Gasteiger partial charge in [0, 0.05) is 11.5 Å². The van der Waals surface area contributed by atoms with Crippen LogP contribution in [-0.4, -0.2) is 19.0 Å². The summed E-state index contributed by atoms with van der Waals surface area (Å²) < 4.78 is 15.2. The predicted molar refractivity (Wildman–Crippen MR) is 97.2 cm³/mol. The van der Waals surface area contributed by atoms with Crippen LogP contribution >= 0.6 is 22.9 Å². The number of rotatable bonds is 4. The van der Waals surface area contributed by atoms with E-state index in [0.29, 0.717) is 15.8 Å². The number of esters is 2. The lowest BCUT2D eigenvalue weighted by Crippen LogP contribution is -2.16. The number of benzene rings is 1. The van der Waals surface area contributed by atoms with Crippen molar-refractivity contribution in [1.82, 2.24) is 0 Å². The van der Waals surface area contributed by atoms with Crippen LogP contribution in [0.4, 0.5) is 0 Å². The van der Waals surface area contributed by atoms with E-state index in [1.54, 1.807) is 24.4 Å². The molecule has 2 heterocycles. The van der Waals surface area contributed by atoms with Crippen LogP contribution in [0.3, 0.4) is 0 Å². The first-order chi connectivity index (χ1) is 12.4. The minimum absolute atomic E-state index is 0.0841. The maximum absolute atomic E-state index is 12.2. The van der Waals surface area contributed by atoms with Crippen LogP contribution in [0.1, 0.15) is 20.8 Å². The minimum atomic E-state index is -0.654. The van der Waals surface area contributed by atoms with Crippen LogP contribution in [0.2, 0.25) is 5.02 Å². The lowest BCUT2D eigenvalue weighted by molar-refractivity contribution is -0.139. The number of thiophene rings is 1. The third-order valence-electron chi connectivity index (χ3n) is 3.81. The number of ether oxygens (including phenoxy) is 2. The Kier molecular flexibility index (Phi) is 5.11. The second-order valence-corrected chi connectivity index (χ2v) is 6.75. The molecule has 0 fully saturated rings. The summed E-state index contributed by atoms with van der Waals surface area (Å²) in [5, 5.41) is 2.48. The zero-order chi connectivity index (χ0) is 18.8. The Morgan fingerprint density at radius 3 is 2.73 bits per heavy atom. The number of aryl methyl sites for hydroxylation is 1. The molecule has 134 valence electrons. The first-order valence-corrected chi connectivity index (χ1v) is 8.74. The summed E-state index contributed by atoms with van der Waals surface area (Å²) in [6.07, 6.45) is -0.201. The van der Waals surface area contributed by atoms with Crippen LogP contribution in [0.25, 0.3) is 11.0 Å². The van der Waals surface area contributed by atoms with Gasteiger partial charge in [-0.25, -0.2) is 9.59 Å². The smallest absolute Gasteiger partial charge is 0.353 e. The van der Waals surface area contributed by atoms with E-state index in [0.717, 1.165) is 0 Å². The van der Waals surface area contributed by atoms with E-state index in [1.807, 2.05) is 0 Å². The molecule has 3 aromatic rings. The van der Waals surface area contributed by atoms with Gasteiger partial charge in [-0.2, -0.15) is 0 Å². The van der Waals surface area contributed by atoms with Gasteiger partial charge < -0.3 is 13.9 Å². The van der Waals surface area contributed by atoms with E-state index >= 15 is 0 Å². The zero-order valence-corrected chi connectivity index (χ0v) is 15.4. The van der Waals surface area contributed by atoms with Gasteiger partial charge in [-0.05, 0) is 30.0 Å². The van der Waals surface area contributed by atoms with Gasteiger partial charge in [-0.3, -0.25) is 4.79 Å². The highest BCUT2D eigenvalue weighted by molar-refractivity contribution is 7.12. The fourth-order valence-corrected chi connectivity index (χ4v) is 3.23. The molecule has 0 radical (unpaired) electrons. The summed E-state index contributed by atoms with van der Waals surface area (Å²) >= 11 is 7.46. The lowest BCUT2D eigenvalue weighted by atomic mass is 10.0. The van der Waals surface area contributed by atoms with Crippen molar-refractivity contribution < 1.29 is 23.5 Å². The summed E-state index contributed by atoms with van der Waals surface area (Å²) in [6.45, 7) is 1.69. The average molecular weight is 393 g/mol. The normalized spacial score (nSPS) is 10.7. The molecule has 0 N–H and O–H groups in total. The highest BCUT2D eigenvalue weighted by Gasteiger charge is 2.18. The molecule has 8 heteroatoms. The van der Waals surface area contributed by atoms with Gasteiger partial charge in [0.25, 0.3) is 0 Å². The van der Waals surface area contributed by atoms with Crippen molar-refractivity contribution in [1.29, 1.82) is 0 Å². The standard InChI is InChI=1S/C18H13ClO6S/c1-9-10-6-12(19)14(25-18(22)15-4-3-5-26-15)8-13(10)24-17(21)11(9)7-16(20)23-2/h3-6,8H,7H2,1-2H3. The van der Waals surface area contributed by atoms with E-state index in [-0.39, 0.29) is 28.3 Å². The number of carbonyl (C=O) groups is 2. The third-order valence-corrected chi connectivity index (χ3v) is 4.96. The molecule has 0 saturated carbocycles. The second-order valence-electron chi connectivity index (χ2n) is 5.39. The summed E-state index contributed by atoms with van der Waals surface area (Å²) in [6, 6.07) is 6.28. The van der Waals surface area contributed by atoms with Crippen molar-refractivity contribution in [2.75, 3.05) is 7.11 Å². The molecule has 0 aliphatic carbocycles. The SMILES string of the molecule is COC(=O)Cc1c(C)c2cc(Cl)c(OC(=O)c3cccs3)cc2oc1=O. The summed E-state index contributed by atoms with van der Waals surface area (Å²) in [7, 11) is 1.24. The van der Waals surface area contributed by atoms with Crippen molar-refractivity contribution in [2.45, 2.75) is 13.3 Å². The number of methoxy groups -OCH3 is 1. The van der Waals surface area contributed by atoms with Gasteiger partial charge in [0.2, 0.25) is 0 Å². The largest absolute Gasteiger partial charge is 0.469 e. The monoisotopic (exact) mass is 392 g/mol. The van der Waals surface area contributed by atoms with Crippen molar-refractivity contribution >= 4 is 45.8 Å². The van der Waals surface area contributed by atoms with Gasteiger partial charge in [-0.1, -0.05) is 17.7 Å². The number of fused-ring (bicyclic) bond motifs is 1. The highest BCUT2D eigenvalue weighted by atomic mass is 35.5. The molecular weight excluding hydrogens is 380 g/mol. The van der Waals surface area contributed by atoms with Gasteiger partial charge in [0.1, 0.15) is 10.5 Å². The van der Waals surface area contributed by atoms with E-state index in [9.17, 15) is 14.4 Å². The van der Waals surface area contributed by atoms with E-state index in [1.165, 1.54) is 30.6 Å². The van der Waals surface area contributed by atoms with E-state index < -0.39 is 17.6 Å². The molecule has 0 aliphatic heterocycles. The lowest BCUT2D eigenvalue weighted by Gasteiger charge is -2.10. The highest BCUT2D eigenvalue weighted by Crippen LogP contribution is 2.32. The van der Waals surface area contributed by atoms with Crippen molar-refractivity contribution in [2.24, 2.45) is 0 Å². The Bertz CT molecular complexity index is 1050. The number of hydrogen-bond donors (Lipinski definition) is 0. The Hall–Kier alpha value is -2.64. The molecular formula is C18H13ClO6S. The summed E-state index contributed by atoms with van der Waals surface area (Å²) in [5.74, 6) is -1.02. The Balaban J connectivity index is 2.03. The maximum Gasteiger partial charge on any atom is 0.353 e. The Morgan fingerprint density at radius 2 is 2.08 bits per heavy atom. The first kappa shape index (κ1) is 18.2. The molecule has 2 aromatic heterocycles. The Morgan fingerprint density at radius 1 is 1.31 bits per heavy atom. The molecule has 0 aliphatic rings. The number of carbonyl (C=O) groups excluding carboxylic acids is 2. The van der Waals surface area contributed by atoms with Gasteiger partial charge >= 0.3 is 17.6 Å². The van der Waals surface area contributed by atoms with Crippen LogP contribution in [0.15, 0.2) is 38.9 Å².